The molecule has 0 radical (unpaired) electrons. The maximum absolute atomic E-state index is 12.8. The fraction of sp³-hybridized carbons (Fsp3) is 0.158. The molecule has 138 valence electrons. The quantitative estimate of drug-likeness (QED) is 0.539. The van der Waals surface area contributed by atoms with E-state index in [4.69, 9.17) is 11.6 Å². The molecule has 1 amide bonds. The summed E-state index contributed by atoms with van der Waals surface area (Å²) in [5, 5.41) is 14.3. The van der Waals surface area contributed by atoms with E-state index in [1.165, 1.54) is 30.5 Å². The molecular weight excluding hydrogens is 370 g/mol. The molecule has 1 aromatic heterocycles. The van der Waals surface area contributed by atoms with E-state index in [1.807, 2.05) is 18.4 Å². The first-order valence-electron chi connectivity index (χ1n) is 8.21. The van der Waals surface area contributed by atoms with Gasteiger partial charge in [0.1, 0.15) is 5.56 Å². The Morgan fingerprint density at radius 2 is 1.89 bits per heavy atom. The molecule has 0 fully saturated rings. The number of aromatic nitrogens is 1. The van der Waals surface area contributed by atoms with Gasteiger partial charge in [-0.25, -0.2) is 0 Å². The average Bonchev–Trinajstić information content (AvgIpc) is 2.65. The van der Waals surface area contributed by atoms with E-state index in [9.17, 15) is 19.7 Å². The van der Waals surface area contributed by atoms with Gasteiger partial charge in [0, 0.05) is 41.0 Å². The van der Waals surface area contributed by atoms with Crippen LogP contribution in [-0.2, 0) is 6.54 Å². The number of halogens is 1. The van der Waals surface area contributed by atoms with Crippen LogP contribution < -0.4 is 10.7 Å². The topological polar surface area (TPSA) is 94.2 Å². The first kappa shape index (κ1) is 18.6. The van der Waals surface area contributed by atoms with Crippen LogP contribution in [0, 0.1) is 17.0 Å². The van der Waals surface area contributed by atoms with E-state index in [0.29, 0.717) is 28.2 Å². The highest BCUT2D eigenvalue weighted by Gasteiger charge is 2.17. The Bertz CT molecular complexity index is 1120. The number of carbonyl (C=O) groups is 1. The lowest BCUT2D eigenvalue weighted by Gasteiger charge is -2.14. The van der Waals surface area contributed by atoms with Gasteiger partial charge in [-0.2, -0.15) is 0 Å². The van der Waals surface area contributed by atoms with Crippen LogP contribution >= 0.6 is 11.6 Å². The van der Waals surface area contributed by atoms with Gasteiger partial charge in [-0.15, -0.1) is 0 Å². The van der Waals surface area contributed by atoms with Crippen molar-refractivity contribution < 1.29 is 9.72 Å². The van der Waals surface area contributed by atoms with Gasteiger partial charge in [-0.1, -0.05) is 11.6 Å². The van der Waals surface area contributed by atoms with Crippen molar-refractivity contribution in [1.82, 2.24) is 4.57 Å². The lowest BCUT2D eigenvalue weighted by atomic mass is 10.1. The third-order valence-electron chi connectivity index (χ3n) is 4.35. The number of amides is 1. The largest absolute Gasteiger partial charge is 0.346 e. The molecule has 0 aliphatic carbocycles. The molecule has 0 aliphatic heterocycles. The number of nitro groups is 1. The normalized spacial score (nSPS) is 10.8. The van der Waals surface area contributed by atoms with Gasteiger partial charge in [0.2, 0.25) is 5.43 Å². The van der Waals surface area contributed by atoms with Crippen LogP contribution in [0.2, 0.25) is 5.02 Å². The summed E-state index contributed by atoms with van der Waals surface area (Å²) >= 11 is 6.17. The zero-order chi connectivity index (χ0) is 19.7. The number of carbonyl (C=O) groups excluding carboxylic acids is 1. The van der Waals surface area contributed by atoms with Crippen LogP contribution in [-0.4, -0.2) is 15.4 Å². The first-order valence-corrected chi connectivity index (χ1v) is 8.59. The highest BCUT2D eigenvalue weighted by Crippen LogP contribution is 2.24. The fourth-order valence-corrected chi connectivity index (χ4v) is 3.08. The maximum Gasteiger partial charge on any atom is 0.269 e. The van der Waals surface area contributed by atoms with E-state index >= 15 is 0 Å². The second-order valence-electron chi connectivity index (χ2n) is 5.98. The molecule has 0 bridgehead atoms. The van der Waals surface area contributed by atoms with Gasteiger partial charge < -0.3 is 9.88 Å². The van der Waals surface area contributed by atoms with Crippen LogP contribution in [0.5, 0.6) is 0 Å². The monoisotopic (exact) mass is 385 g/mol. The van der Waals surface area contributed by atoms with Crippen molar-refractivity contribution in [3.63, 3.8) is 0 Å². The smallest absolute Gasteiger partial charge is 0.269 e. The van der Waals surface area contributed by atoms with E-state index in [1.54, 1.807) is 12.1 Å². The minimum absolute atomic E-state index is 0.00979. The zero-order valence-corrected chi connectivity index (χ0v) is 15.4. The molecule has 0 aliphatic rings. The first-order chi connectivity index (χ1) is 12.8. The molecule has 7 nitrogen and oxygen atoms in total. The third-order valence-corrected chi connectivity index (χ3v) is 4.76. The van der Waals surface area contributed by atoms with E-state index in [2.05, 4.69) is 5.32 Å². The number of fused-ring (bicyclic) bond motifs is 1. The van der Waals surface area contributed by atoms with Crippen LogP contribution in [0.1, 0.15) is 22.8 Å². The van der Waals surface area contributed by atoms with Crippen molar-refractivity contribution in [2.75, 3.05) is 5.32 Å². The molecular formula is C19H16ClN3O4. The second-order valence-corrected chi connectivity index (χ2v) is 6.39. The number of aryl methyl sites for hydroxylation is 2. The molecule has 3 rings (SSSR count). The van der Waals surface area contributed by atoms with Gasteiger partial charge in [-0.05, 0) is 43.7 Å². The maximum atomic E-state index is 12.8. The average molecular weight is 386 g/mol. The number of non-ortho nitro benzene ring substituents is 1. The third kappa shape index (κ3) is 3.41. The number of benzene rings is 2. The SMILES string of the molecule is CCn1cc(C(=O)Nc2ccc([N+](=O)[O-])cc2)c(=O)c2ccc(Cl)c(C)c21. The summed E-state index contributed by atoms with van der Waals surface area (Å²) < 4.78 is 1.81. The van der Waals surface area contributed by atoms with Crippen molar-refractivity contribution in [3.05, 3.63) is 79.1 Å². The molecule has 0 saturated heterocycles. The fourth-order valence-electron chi connectivity index (χ4n) is 2.93. The molecule has 0 spiro atoms. The molecule has 0 atom stereocenters. The van der Waals surface area contributed by atoms with E-state index in [-0.39, 0.29) is 11.3 Å². The Morgan fingerprint density at radius 3 is 2.48 bits per heavy atom. The summed E-state index contributed by atoms with van der Waals surface area (Å²) in [5.74, 6) is -0.578. The Balaban J connectivity index is 2.04. The number of nitrogens with one attached hydrogen (secondary N) is 1. The summed E-state index contributed by atoms with van der Waals surface area (Å²) in [6.45, 7) is 4.28. The van der Waals surface area contributed by atoms with E-state index in [0.717, 1.165) is 5.56 Å². The Hall–Kier alpha value is -3.19. The Morgan fingerprint density at radius 1 is 1.22 bits per heavy atom. The number of hydrogen-bond donors (Lipinski definition) is 1. The highest BCUT2D eigenvalue weighted by molar-refractivity contribution is 6.32. The van der Waals surface area contributed by atoms with Gasteiger partial charge in [0.25, 0.3) is 11.6 Å². The van der Waals surface area contributed by atoms with Crippen molar-refractivity contribution in [2.45, 2.75) is 20.4 Å². The number of nitrogens with zero attached hydrogens (tertiary/aromatic N) is 2. The predicted molar refractivity (Wildman–Crippen MR) is 105 cm³/mol. The van der Waals surface area contributed by atoms with Gasteiger partial charge in [0.15, 0.2) is 0 Å². The molecule has 1 heterocycles. The Labute approximate surface area is 159 Å². The molecule has 0 unspecified atom stereocenters. The van der Waals surface area contributed by atoms with Crippen LogP contribution in [0.4, 0.5) is 11.4 Å². The molecule has 3 aromatic rings. The summed E-state index contributed by atoms with van der Waals surface area (Å²) in [6.07, 6.45) is 1.51. The molecule has 8 heteroatoms. The predicted octanol–water partition coefficient (Wildman–Crippen LogP) is 4.14. The van der Waals surface area contributed by atoms with Crippen LogP contribution in [0.25, 0.3) is 10.9 Å². The van der Waals surface area contributed by atoms with Crippen molar-refractivity contribution in [3.8, 4) is 0 Å². The van der Waals surface area contributed by atoms with Crippen LogP contribution in [0.15, 0.2) is 47.4 Å². The number of hydrogen-bond acceptors (Lipinski definition) is 4. The standard InChI is InChI=1S/C19H16ClN3O4/c1-3-22-10-15(18(24)14-8-9-16(20)11(2)17(14)22)19(25)21-12-4-6-13(7-5-12)23(26)27/h4-10H,3H2,1-2H3,(H,21,25). The lowest BCUT2D eigenvalue weighted by molar-refractivity contribution is -0.384. The van der Waals surface area contributed by atoms with Gasteiger partial charge in [0.05, 0.1) is 10.4 Å². The van der Waals surface area contributed by atoms with E-state index < -0.39 is 16.3 Å². The number of anilines is 1. The minimum atomic E-state index is -0.578. The molecule has 0 saturated carbocycles. The second kappa shape index (κ2) is 7.20. The van der Waals surface area contributed by atoms with Crippen LogP contribution in [0.3, 0.4) is 0 Å². The van der Waals surface area contributed by atoms with Gasteiger partial charge in [-0.3, -0.25) is 19.7 Å². The summed E-state index contributed by atoms with van der Waals surface area (Å²) in [6, 6.07) is 8.65. The number of nitro benzene ring substituents is 1. The number of pyridine rings is 1. The molecule has 1 N–H and O–H groups in total. The summed E-state index contributed by atoms with van der Waals surface area (Å²) in [4.78, 5) is 35.6. The van der Waals surface area contributed by atoms with Gasteiger partial charge >= 0.3 is 0 Å². The van der Waals surface area contributed by atoms with Crippen molar-refractivity contribution >= 4 is 39.8 Å². The summed E-state index contributed by atoms with van der Waals surface area (Å²) in [5.41, 5.74) is 1.34. The summed E-state index contributed by atoms with van der Waals surface area (Å²) in [7, 11) is 0. The van der Waals surface area contributed by atoms with Crippen molar-refractivity contribution in [1.29, 1.82) is 0 Å². The highest BCUT2D eigenvalue weighted by atomic mass is 35.5. The Kier molecular flexibility index (Phi) is 4.96. The van der Waals surface area contributed by atoms with Crippen molar-refractivity contribution in [2.24, 2.45) is 0 Å². The zero-order valence-electron chi connectivity index (χ0n) is 14.7. The minimum Gasteiger partial charge on any atom is -0.346 e. The lowest BCUT2D eigenvalue weighted by Crippen LogP contribution is -2.24. The number of rotatable bonds is 4. The molecule has 27 heavy (non-hydrogen) atoms. The molecule has 2 aromatic carbocycles.